The van der Waals surface area contributed by atoms with Crippen LogP contribution < -0.4 is 9.80 Å². The summed E-state index contributed by atoms with van der Waals surface area (Å²) in [6.07, 6.45) is 3.54. The SMILES string of the molecule is N#Cc1ccc(N2CCN(c3ncccn3)CC2)c(Br)c1. The lowest BCUT2D eigenvalue weighted by atomic mass is 10.2. The first-order chi connectivity index (χ1) is 10.3. The first-order valence-corrected chi connectivity index (χ1v) is 7.54. The lowest BCUT2D eigenvalue weighted by molar-refractivity contribution is 0.639. The molecule has 6 heteroatoms. The Morgan fingerprint density at radius 3 is 2.33 bits per heavy atom. The molecule has 106 valence electrons. The molecule has 1 fully saturated rings. The van der Waals surface area contributed by atoms with Crippen molar-refractivity contribution in [2.24, 2.45) is 0 Å². The summed E-state index contributed by atoms with van der Waals surface area (Å²) in [5.41, 5.74) is 1.80. The third kappa shape index (κ3) is 2.98. The van der Waals surface area contributed by atoms with E-state index in [1.165, 1.54) is 0 Å². The topological polar surface area (TPSA) is 56.1 Å². The maximum absolute atomic E-state index is 8.92. The van der Waals surface area contributed by atoms with Crippen molar-refractivity contribution >= 4 is 27.6 Å². The van der Waals surface area contributed by atoms with E-state index in [0.29, 0.717) is 5.56 Å². The van der Waals surface area contributed by atoms with Gasteiger partial charge in [0, 0.05) is 43.0 Å². The monoisotopic (exact) mass is 343 g/mol. The number of anilines is 2. The Morgan fingerprint density at radius 2 is 1.71 bits per heavy atom. The third-order valence-corrected chi connectivity index (χ3v) is 4.17. The van der Waals surface area contributed by atoms with Gasteiger partial charge in [0.1, 0.15) is 0 Å². The lowest BCUT2D eigenvalue weighted by Crippen LogP contribution is -2.47. The van der Waals surface area contributed by atoms with Crippen LogP contribution in [0.1, 0.15) is 5.56 Å². The standard InChI is InChI=1S/C15H14BrN5/c16-13-10-12(11-17)2-3-14(13)20-6-8-21(9-7-20)15-18-4-1-5-19-15/h1-5,10H,6-9H2. The van der Waals surface area contributed by atoms with Gasteiger partial charge in [0.05, 0.1) is 17.3 Å². The Bertz CT molecular complexity index is 660. The Balaban J connectivity index is 1.70. The van der Waals surface area contributed by atoms with Crippen LogP contribution in [0.3, 0.4) is 0 Å². The van der Waals surface area contributed by atoms with Crippen molar-refractivity contribution in [1.29, 1.82) is 5.26 Å². The highest BCUT2D eigenvalue weighted by molar-refractivity contribution is 9.10. The van der Waals surface area contributed by atoms with Crippen molar-refractivity contribution in [3.05, 3.63) is 46.7 Å². The van der Waals surface area contributed by atoms with Gasteiger partial charge in [-0.15, -0.1) is 0 Å². The Labute approximate surface area is 132 Å². The fourth-order valence-corrected chi connectivity index (χ4v) is 3.06. The molecule has 1 aliphatic rings. The second-order valence-electron chi connectivity index (χ2n) is 4.80. The van der Waals surface area contributed by atoms with Crippen molar-refractivity contribution in [2.45, 2.75) is 0 Å². The quantitative estimate of drug-likeness (QED) is 0.838. The maximum Gasteiger partial charge on any atom is 0.225 e. The molecule has 2 heterocycles. The van der Waals surface area contributed by atoms with Crippen LogP contribution in [0.4, 0.5) is 11.6 Å². The second kappa shape index (κ2) is 6.10. The van der Waals surface area contributed by atoms with Crippen molar-refractivity contribution in [3.8, 4) is 6.07 Å². The van der Waals surface area contributed by atoms with Gasteiger partial charge in [0.25, 0.3) is 0 Å². The molecule has 0 spiro atoms. The number of benzene rings is 1. The van der Waals surface area contributed by atoms with E-state index in [-0.39, 0.29) is 0 Å². The summed E-state index contributed by atoms with van der Waals surface area (Å²) >= 11 is 3.55. The lowest BCUT2D eigenvalue weighted by Gasteiger charge is -2.36. The molecule has 1 aromatic carbocycles. The largest absolute Gasteiger partial charge is 0.367 e. The van der Waals surface area contributed by atoms with Crippen LogP contribution >= 0.6 is 15.9 Å². The molecule has 0 unspecified atom stereocenters. The van der Waals surface area contributed by atoms with Crippen molar-refractivity contribution in [2.75, 3.05) is 36.0 Å². The Morgan fingerprint density at radius 1 is 1.05 bits per heavy atom. The molecule has 3 rings (SSSR count). The number of aromatic nitrogens is 2. The molecule has 1 saturated heterocycles. The number of nitriles is 1. The molecule has 0 saturated carbocycles. The van der Waals surface area contributed by atoms with Crippen molar-refractivity contribution < 1.29 is 0 Å². The predicted octanol–water partition coefficient (Wildman–Crippen LogP) is 2.44. The number of nitrogens with zero attached hydrogens (tertiary/aromatic N) is 5. The molecule has 1 aromatic heterocycles. The van der Waals surface area contributed by atoms with Crippen LogP contribution in [0, 0.1) is 11.3 Å². The average Bonchev–Trinajstić information content (AvgIpc) is 2.56. The molecule has 0 N–H and O–H groups in total. The number of hydrogen-bond donors (Lipinski definition) is 0. The van der Waals surface area contributed by atoms with E-state index in [0.717, 1.165) is 42.3 Å². The molecule has 0 amide bonds. The van der Waals surface area contributed by atoms with Crippen LogP contribution in [-0.2, 0) is 0 Å². The summed E-state index contributed by atoms with van der Waals surface area (Å²) in [5.74, 6) is 0.788. The normalized spacial score (nSPS) is 14.9. The molecular formula is C15H14BrN5. The molecule has 2 aromatic rings. The highest BCUT2D eigenvalue weighted by Gasteiger charge is 2.20. The van der Waals surface area contributed by atoms with E-state index in [4.69, 9.17) is 5.26 Å². The maximum atomic E-state index is 8.92. The molecule has 0 bridgehead atoms. The van der Waals surface area contributed by atoms with Gasteiger partial charge in [-0.25, -0.2) is 9.97 Å². The minimum absolute atomic E-state index is 0.668. The van der Waals surface area contributed by atoms with Gasteiger partial charge in [0.2, 0.25) is 5.95 Å². The van der Waals surface area contributed by atoms with Crippen LogP contribution in [0.2, 0.25) is 0 Å². The van der Waals surface area contributed by atoms with E-state index in [9.17, 15) is 0 Å². The molecule has 21 heavy (non-hydrogen) atoms. The summed E-state index contributed by atoms with van der Waals surface area (Å²) < 4.78 is 0.964. The minimum Gasteiger partial charge on any atom is -0.367 e. The molecule has 0 radical (unpaired) electrons. The van der Waals surface area contributed by atoms with E-state index < -0.39 is 0 Å². The molecule has 5 nitrogen and oxygen atoms in total. The summed E-state index contributed by atoms with van der Waals surface area (Å²) in [4.78, 5) is 13.1. The zero-order valence-electron chi connectivity index (χ0n) is 11.4. The summed E-state index contributed by atoms with van der Waals surface area (Å²) in [7, 11) is 0. The molecule has 0 atom stereocenters. The molecular weight excluding hydrogens is 330 g/mol. The van der Waals surface area contributed by atoms with Crippen molar-refractivity contribution in [3.63, 3.8) is 0 Å². The zero-order chi connectivity index (χ0) is 14.7. The van der Waals surface area contributed by atoms with Crippen LogP contribution in [0.25, 0.3) is 0 Å². The van der Waals surface area contributed by atoms with E-state index in [2.05, 4.69) is 41.8 Å². The fourth-order valence-electron chi connectivity index (χ4n) is 2.43. The molecule has 1 aliphatic heterocycles. The van der Waals surface area contributed by atoms with Gasteiger partial charge in [-0.2, -0.15) is 5.26 Å². The highest BCUT2D eigenvalue weighted by Crippen LogP contribution is 2.28. The minimum atomic E-state index is 0.668. The van der Waals surface area contributed by atoms with Crippen LogP contribution in [-0.4, -0.2) is 36.1 Å². The predicted molar refractivity (Wildman–Crippen MR) is 85.3 cm³/mol. The third-order valence-electron chi connectivity index (χ3n) is 3.53. The number of piperazine rings is 1. The summed E-state index contributed by atoms with van der Waals surface area (Å²) in [5, 5.41) is 8.92. The second-order valence-corrected chi connectivity index (χ2v) is 5.66. The summed E-state index contributed by atoms with van der Waals surface area (Å²) in [6, 6.07) is 9.69. The number of hydrogen-bond acceptors (Lipinski definition) is 5. The van der Waals surface area contributed by atoms with Gasteiger partial charge in [-0.05, 0) is 40.2 Å². The number of rotatable bonds is 2. The average molecular weight is 344 g/mol. The van der Waals surface area contributed by atoms with Crippen LogP contribution in [0.15, 0.2) is 41.1 Å². The van der Waals surface area contributed by atoms with Crippen molar-refractivity contribution in [1.82, 2.24) is 9.97 Å². The van der Waals surface area contributed by atoms with Gasteiger partial charge < -0.3 is 9.80 Å². The van der Waals surface area contributed by atoms with E-state index >= 15 is 0 Å². The van der Waals surface area contributed by atoms with E-state index in [1.807, 2.05) is 24.3 Å². The zero-order valence-corrected chi connectivity index (χ0v) is 13.0. The van der Waals surface area contributed by atoms with E-state index in [1.54, 1.807) is 12.4 Å². The first kappa shape index (κ1) is 13.8. The van der Waals surface area contributed by atoms with Gasteiger partial charge >= 0.3 is 0 Å². The Hall–Kier alpha value is -2.13. The smallest absolute Gasteiger partial charge is 0.225 e. The first-order valence-electron chi connectivity index (χ1n) is 6.74. The summed E-state index contributed by atoms with van der Waals surface area (Å²) in [6.45, 7) is 3.58. The van der Waals surface area contributed by atoms with Gasteiger partial charge in [-0.1, -0.05) is 0 Å². The number of halogens is 1. The highest BCUT2D eigenvalue weighted by atomic mass is 79.9. The van der Waals surface area contributed by atoms with Gasteiger partial charge in [-0.3, -0.25) is 0 Å². The molecule has 0 aliphatic carbocycles. The van der Waals surface area contributed by atoms with Gasteiger partial charge in [0.15, 0.2) is 0 Å². The Kier molecular flexibility index (Phi) is 4.02. The van der Waals surface area contributed by atoms with Crippen LogP contribution in [0.5, 0.6) is 0 Å². The fraction of sp³-hybridized carbons (Fsp3) is 0.267.